The maximum Gasteiger partial charge on any atom is 0.258 e. The lowest BCUT2D eigenvalue weighted by molar-refractivity contribution is 0.102. The molecule has 4 rings (SSSR count). The number of hydrogen-bond donors (Lipinski definition) is 1. The molecule has 1 amide bonds. The summed E-state index contributed by atoms with van der Waals surface area (Å²) in [4.78, 5) is 18.0. The third kappa shape index (κ3) is 4.46. The third-order valence-corrected chi connectivity index (χ3v) is 6.10. The van der Waals surface area contributed by atoms with Gasteiger partial charge in [-0.25, -0.2) is 4.98 Å². The fourth-order valence-electron chi connectivity index (χ4n) is 2.41. The average molecular weight is 469 g/mol. The van der Waals surface area contributed by atoms with E-state index in [0.717, 1.165) is 25.0 Å². The molecule has 1 N–H and O–H groups in total. The molecule has 4 aromatic rings. The second kappa shape index (κ2) is 8.64. The number of nitrogens with zero attached hydrogens (tertiary/aromatic N) is 3. The van der Waals surface area contributed by atoms with E-state index in [1.807, 2.05) is 60.7 Å². The lowest BCUT2D eigenvalue weighted by Crippen LogP contribution is -2.12. The van der Waals surface area contributed by atoms with Crippen molar-refractivity contribution in [2.45, 2.75) is 9.92 Å². The molecule has 28 heavy (non-hydrogen) atoms. The van der Waals surface area contributed by atoms with Crippen LogP contribution in [-0.2, 0) is 0 Å². The second-order valence-corrected chi connectivity index (χ2v) is 8.60. The molecule has 0 radical (unpaired) electrons. The highest BCUT2D eigenvalue weighted by molar-refractivity contribution is 9.10. The molecule has 0 fully saturated rings. The van der Waals surface area contributed by atoms with Gasteiger partial charge in [0.2, 0.25) is 5.13 Å². The number of halogens is 1. The van der Waals surface area contributed by atoms with Gasteiger partial charge in [-0.1, -0.05) is 65.6 Å². The van der Waals surface area contributed by atoms with Gasteiger partial charge in [0.15, 0.2) is 0 Å². The van der Waals surface area contributed by atoms with Crippen LogP contribution >= 0.6 is 39.0 Å². The quantitative estimate of drug-likeness (QED) is 0.402. The van der Waals surface area contributed by atoms with Gasteiger partial charge < -0.3 is 0 Å². The van der Waals surface area contributed by atoms with Gasteiger partial charge in [0.25, 0.3) is 5.91 Å². The van der Waals surface area contributed by atoms with E-state index in [0.29, 0.717) is 10.7 Å². The monoisotopic (exact) mass is 468 g/mol. The van der Waals surface area contributed by atoms with Crippen LogP contribution in [0.3, 0.4) is 0 Å². The molecular formula is C20H13BrN4OS2. The van der Waals surface area contributed by atoms with E-state index >= 15 is 0 Å². The smallest absolute Gasteiger partial charge is 0.258 e. The van der Waals surface area contributed by atoms with E-state index in [2.05, 4.69) is 36.4 Å². The minimum atomic E-state index is -0.226. The molecule has 0 aliphatic rings. The Hall–Kier alpha value is -2.55. The van der Waals surface area contributed by atoms with Gasteiger partial charge in [0.05, 0.1) is 5.56 Å². The Morgan fingerprint density at radius 2 is 1.75 bits per heavy atom. The molecule has 2 aromatic heterocycles. The Kier molecular flexibility index (Phi) is 5.80. The Bertz CT molecular complexity index is 1100. The molecule has 0 unspecified atom stereocenters. The summed E-state index contributed by atoms with van der Waals surface area (Å²) in [6, 6.07) is 21.0. The van der Waals surface area contributed by atoms with Crippen molar-refractivity contribution in [2.24, 2.45) is 0 Å². The van der Waals surface area contributed by atoms with Crippen molar-refractivity contribution < 1.29 is 4.79 Å². The highest BCUT2D eigenvalue weighted by Crippen LogP contribution is 2.31. The predicted octanol–water partition coefficient (Wildman–Crippen LogP) is 5.77. The normalized spacial score (nSPS) is 10.6. The molecule has 0 aliphatic heterocycles. The lowest BCUT2D eigenvalue weighted by atomic mass is 10.2. The van der Waals surface area contributed by atoms with Gasteiger partial charge in [-0.3, -0.25) is 10.1 Å². The van der Waals surface area contributed by atoms with Crippen LogP contribution in [0.5, 0.6) is 0 Å². The highest BCUT2D eigenvalue weighted by atomic mass is 79.9. The topological polar surface area (TPSA) is 67.8 Å². The van der Waals surface area contributed by atoms with E-state index in [9.17, 15) is 4.79 Å². The summed E-state index contributed by atoms with van der Waals surface area (Å²) < 4.78 is 0.911. The van der Waals surface area contributed by atoms with Crippen LogP contribution in [0, 0.1) is 0 Å². The molecule has 2 aromatic carbocycles. The summed E-state index contributed by atoms with van der Waals surface area (Å²) in [5, 5.41) is 13.1. The van der Waals surface area contributed by atoms with E-state index in [4.69, 9.17) is 0 Å². The first-order chi connectivity index (χ1) is 13.7. The molecule has 5 nitrogen and oxygen atoms in total. The first-order valence-electron chi connectivity index (χ1n) is 8.28. The number of rotatable bonds is 5. The molecule has 138 valence electrons. The molecule has 8 heteroatoms. The minimum Gasteiger partial charge on any atom is -0.296 e. The molecule has 2 heterocycles. The largest absolute Gasteiger partial charge is 0.296 e. The van der Waals surface area contributed by atoms with Crippen molar-refractivity contribution in [1.82, 2.24) is 15.2 Å². The number of hydrogen-bond acceptors (Lipinski definition) is 6. The first kappa shape index (κ1) is 18.8. The number of carbonyl (C=O) groups excluding carboxylic acids is 1. The number of nitrogens with one attached hydrogen (secondary N) is 1. The number of amides is 1. The Balaban J connectivity index is 1.53. The van der Waals surface area contributed by atoms with Crippen LogP contribution in [0.1, 0.15) is 10.4 Å². The van der Waals surface area contributed by atoms with Crippen molar-refractivity contribution in [3.63, 3.8) is 0 Å². The maximum absolute atomic E-state index is 12.8. The lowest BCUT2D eigenvalue weighted by Gasteiger charge is -2.08. The van der Waals surface area contributed by atoms with E-state index in [1.165, 1.54) is 23.1 Å². The van der Waals surface area contributed by atoms with Crippen LogP contribution in [0.2, 0.25) is 0 Å². The number of pyridine rings is 1. The zero-order valence-corrected chi connectivity index (χ0v) is 17.6. The van der Waals surface area contributed by atoms with Crippen molar-refractivity contribution in [3.8, 4) is 10.6 Å². The Morgan fingerprint density at radius 1 is 0.964 bits per heavy atom. The molecule has 0 spiro atoms. The first-order valence-corrected chi connectivity index (χ1v) is 10.7. The Morgan fingerprint density at radius 3 is 2.54 bits per heavy atom. The molecular weight excluding hydrogens is 456 g/mol. The summed E-state index contributed by atoms with van der Waals surface area (Å²) in [5.41, 5.74) is 1.53. The van der Waals surface area contributed by atoms with Gasteiger partial charge >= 0.3 is 0 Å². The number of aromatic nitrogens is 3. The zero-order chi connectivity index (χ0) is 19.3. The van der Waals surface area contributed by atoms with E-state index < -0.39 is 0 Å². The van der Waals surface area contributed by atoms with Crippen molar-refractivity contribution in [2.75, 3.05) is 5.32 Å². The van der Waals surface area contributed by atoms with Gasteiger partial charge in [-0.2, -0.15) is 0 Å². The molecule has 0 saturated heterocycles. The van der Waals surface area contributed by atoms with E-state index in [-0.39, 0.29) is 5.91 Å². The maximum atomic E-state index is 12.8. The average Bonchev–Trinajstić information content (AvgIpc) is 3.19. The van der Waals surface area contributed by atoms with Gasteiger partial charge in [-0.15, -0.1) is 10.2 Å². The van der Waals surface area contributed by atoms with Crippen molar-refractivity contribution in [3.05, 3.63) is 83.0 Å². The summed E-state index contributed by atoms with van der Waals surface area (Å²) >= 11 is 6.16. The minimum absolute atomic E-state index is 0.226. The fourth-order valence-corrected chi connectivity index (χ4v) is 4.28. The Labute approximate surface area is 178 Å². The summed E-state index contributed by atoms with van der Waals surface area (Å²) in [6.07, 6.45) is 1.73. The zero-order valence-electron chi connectivity index (χ0n) is 14.4. The predicted molar refractivity (Wildman–Crippen MR) is 116 cm³/mol. The van der Waals surface area contributed by atoms with Crippen molar-refractivity contribution in [1.29, 1.82) is 0 Å². The number of anilines is 1. The summed E-state index contributed by atoms with van der Waals surface area (Å²) in [5.74, 6) is -0.226. The molecule has 0 atom stereocenters. The molecule has 0 aliphatic carbocycles. The van der Waals surface area contributed by atoms with Crippen LogP contribution in [-0.4, -0.2) is 21.1 Å². The summed E-state index contributed by atoms with van der Waals surface area (Å²) in [6.45, 7) is 0. The van der Waals surface area contributed by atoms with Crippen molar-refractivity contribution >= 4 is 50.1 Å². The second-order valence-electron chi connectivity index (χ2n) is 5.65. The molecule has 0 saturated carbocycles. The van der Waals surface area contributed by atoms with Gasteiger partial charge in [0, 0.05) is 21.1 Å². The number of benzene rings is 2. The van der Waals surface area contributed by atoms with Gasteiger partial charge in [-0.05, 0) is 40.2 Å². The van der Waals surface area contributed by atoms with Gasteiger partial charge in [0.1, 0.15) is 10.0 Å². The fraction of sp³-hybridized carbons (Fsp3) is 0. The SMILES string of the molecule is O=C(Nc1nnc(-c2ccccc2)s1)c1ccccc1Sc1ccc(Br)cn1. The van der Waals surface area contributed by atoms with E-state index in [1.54, 1.807) is 12.3 Å². The molecule has 0 bridgehead atoms. The van der Waals surface area contributed by atoms with Crippen LogP contribution in [0.15, 0.2) is 87.3 Å². The summed E-state index contributed by atoms with van der Waals surface area (Å²) in [7, 11) is 0. The highest BCUT2D eigenvalue weighted by Gasteiger charge is 2.15. The van der Waals surface area contributed by atoms with Crippen LogP contribution < -0.4 is 5.32 Å². The van der Waals surface area contributed by atoms with Crippen LogP contribution in [0.25, 0.3) is 10.6 Å². The van der Waals surface area contributed by atoms with Crippen LogP contribution in [0.4, 0.5) is 5.13 Å². The number of carbonyl (C=O) groups is 1. The standard InChI is InChI=1S/C20H13BrN4OS2/c21-14-10-11-17(22-12-14)27-16-9-5-4-8-15(16)18(26)23-20-25-24-19(28-20)13-6-2-1-3-7-13/h1-12H,(H,23,25,26). The third-order valence-electron chi connectivity index (χ3n) is 3.71.